The van der Waals surface area contributed by atoms with Gasteiger partial charge in [-0.3, -0.25) is 9.59 Å². The normalized spacial score (nSPS) is 17.4. The van der Waals surface area contributed by atoms with E-state index in [9.17, 15) is 18.0 Å². The Morgan fingerprint density at radius 3 is 2.33 bits per heavy atom. The number of rotatable bonds is 6. The number of sulfone groups is 1. The van der Waals surface area contributed by atoms with Crippen molar-refractivity contribution in [3.05, 3.63) is 101 Å². The second kappa shape index (κ2) is 9.77. The van der Waals surface area contributed by atoms with Crippen molar-refractivity contribution in [3.63, 3.8) is 0 Å². The fourth-order valence-corrected chi connectivity index (χ4v) is 5.66. The summed E-state index contributed by atoms with van der Waals surface area (Å²) in [5, 5.41) is 6.29. The van der Waals surface area contributed by atoms with Gasteiger partial charge in [-0.25, -0.2) is 8.42 Å². The van der Waals surface area contributed by atoms with Gasteiger partial charge in [0.05, 0.1) is 16.7 Å². The van der Waals surface area contributed by atoms with Crippen LogP contribution >= 0.6 is 11.6 Å². The molecule has 3 aromatic carbocycles. The molecule has 2 atom stereocenters. The summed E-state index contributed by atoms with van der Waals surface area (Å²) in [6.45, 7) is 0. The summed E-state index contributed by atoms with van der Waals surface area (Å²) >= 11 is 5.91. The molecule has 33 heavy (non-hydrogen) atoms. The van der Waals surface area contributed by atoms with Crippen LogP contribution in [0.25, 0.3) is 0 Å². The first-order valence-electron chi connectivity index (χ1n) is 10.6. The molecule has 0 saturated heterocycles. The Morgan fingerprint density at radius 2 is 1.61 bits per heavy atom. The third-order valence-corrected chi connectivity index (χ3v) is 7.70. The summed E-state index contributed by atoms with van der Waals surface area (Å²) in [6.07, 6.45) is 0.562. The Morgan fingerprint density at radius 1 is 0.939 bits per heavy atom. The predicted octanol–water partition coefficient (Wildman–Crippen LogP) is 3.72. The standard InChI is InChI=1S/C25H23ClN2O4S/c26-19-12-10-18(11-13-19)24(29)28-22(16-17-6-2-1-3-7-17)25(30)27-21-14-15-33(31,32)23-9-5-4-8-20(21)23/h1-13,21-22H,14-16H2,(H,27,30)(H,28,29). The lowest BCUT2D eigenvalue weighted by molar-refractivity contribution is -0.123. The van der Waals surface area contributed by atoms with E-state index in [1.807, 2.05) is 30.3 Å². The fraction of sp³-hybridized carbons (Fsp3) is 0.200. The number of fused-ring (bicyclic) bond motifs is 1. The topological polar surface area (TPSA) is 92.3 Å². The number of carbonyl (C=O) groups is 2. The van der Waals surface area contributed by atoms with Crippen LogP contribution in [0.5, 0.6) is 0 Å². The molecule has 4 rings (SSSR count). The first-order chi connectivity index (χ1) is 15.8. The van der Waals surface area contributed by atoms with Crippen LogP contribution in [0.1, 0.15) is 33.9 Å². The van der Waals surface area contributed by atoms with Gasteiger partial charge < -0.3 is 10.6 Å². The van der Waals surface area contributed by atoms with Crippen LogP contribution in [0.4, 0.5) is 0 Å². The highest BCUT2D eigenvalue weighted by atomic mass is 35.5. The Labute approximate surface area is 197 Å². The summed E-state index contributed by atoms with van der Waals surface area (Å²) in [5.41, 5.74) is 1.85. The zero-order valence-corrected chi connectivity index (χ0v) is 19.3. The highest BCUT2D eigenvalue weighted by Crippen LogP contribution is 2.32. The second-order valence-corrected chi connectivity index (χ2v) is 10.4. The molecule has 0 bridgehead atoms. The highest BCUT2D eigenvalue weighted by molar-refractivity contribution is 7.91. The maximum atomic E-state index is 13.3. The molecule has 1 aliphatic rings. The quantitative estimate of drug-likeness (QED) is 0.560. The zero-order valence-electron chi connectivity index (χ0n) is 17.7. The Hall–Kier alpha value is -3.16. The predicted molar refractivity (Wildman–Crippen MR) is 127 cm³/mol. The Bertz CT molecular complexity index is 1260. The fourth-order valence-electron chi connectivity index (χ4n) is 3.91. The number of carbonyl (C=O) groups excluding carboxylic acids is 2. The molecule has 1 aliphatic heterocycles. The molecule has 2 amide bonds. The minimum Gasteiger partial charge on any atom is -0.347 e. The van der Waals surface area contributed by atoms with Gasteiger partial charge in [0.2, 0.25) is 5.91 Å². The molecule has 2 N–H and O–H groups in total. The van der Waals surface area contributed by atoms with Crippen LogP contribution < -0.4 is 10.6 Å². The van der Waals surface area contributed by atoms with Gasteiger partial charge >= 0.3 is 0 Å². The summed E-state index contributed by atoms with van der Waals surface area (Å²) in [5.74, 6) is -0.815. The number of amides is 2. The van der Waals surface area contributed by atoms with Crippen LogP contribution in [0.15, 0.2) is 83.8 Å². The van der Waals surface area contributed by atoms with E-state index in [2.05, 4.69) is 10.6 Å². The van der Waals surface area contributed by atoms with Gasteiger partial charge in [0.25, 0.3) is 5.91 Å². The lowest BCUT2D eigenvalue weighted by atomic mass is 10.0. The van der Waals surface area contributed by atoms with Crippen molar-refractivity contribution in [1.29, 1.82) is 0 Å². The number of hydrogen-bond acceptors (Lipinski definition) is 4. The van der Waals surface area contributed by atoms with Gasteiger partial charge in [-0.2, -0.15) is 0 Å². The van der Waals surface area contributed by atoms with E-state index in [0.717, 1.165) is 5.56 Å². The lowest BCUT2D eigenvalue weighted by Gasteiger charge is -2.28. The van der Waals surface area contributed by atoms with Gasteiger partial charge in [0.1, 0.15) is 6.04 Å². The van der Waals surface area contributed by atoms with E-state index in [4.69, 9.17) is 11.6 Å². The van der Waals surface area contributed by atoms with E-state index >= 15 is 0 Å². The number of nitrogens with one attached hydrogen (secondary N) is 2. The van der Waals surface area contributed by atoms with E-state index in [0.29, 0.717) is 22.6 Å². The van der Waals surface area contributed by atoms with E-state index in [1.54, 1.807) is 48.5 Å². The number of hydrogen-bond donors (Lipinski definition) is 2. The molecular weight excluding hydrogens is 460 g/mol. The van der Waals surface area contributed by atoms with Crippen LogP contribution in [-0.4, -0.2) is 32.0 Å². The number of benzene rings is 3. The van der Waals surface area contributed by atoms with Crippen molar-refractivity contribution in [2.45, 2.75) is 29.8 Å². The summed E-state index contributed by atoms with van der Waals surface area (Å²) in [7, 11) is -3.37. The molecule has 8 heteroatoms. The molecule has 3 aromatic rings. The van der Waals surface area contributed by atoms with Crippen molar-refractivity contribution in [3.8, 4) is 0 Å². The van der Waals surface area contributed by atoms with Crippen molar-refractivity contribution in [1.82, 2.24) is 10.6 Å². The Kier molecular flexibility index (Phi) is 6.81. The zero-order chi connectivity index (χ0) is 23.4. The van der Waals surface area contributed by atoms with Gasteiger partial charge in [0.15, 0.2) is 9.84 Å². The SMILES string of the molecule is O=C(NC(Cc1ccccc1)C(=O)NC1CCS(=O)(=O)c2ccccc21)c1ccc(Cl)cc1. The largest absolute Gasteiger partial charge is 0.347 e. The van der Waals surface area contributed by atoms with Crippen LogP contribution in [0.2, 0.25) is 5.02 Å². The van der Waals surface area contributed by atoms with Gasteiger partial charge in [0, 0.05) is 17.0 Å². The summed E-state index contributed by atoms with van der Waals surface area (Å²) in [4.78, 5) is 26.4. The molecule has 170 valence electrons. The third-order valence-electron chi connectivity index (χ3n) is 5.63. The van der Waals surface area contributed by atoms with Crippen LogP contribution in [-0.2, 0) is 21.1 Å². The van der Waals surface area contributed by atoms with E-state index in [-0.39, 0.29) is 23.0 Å². The van der Waals surface area contributed by atoms with Crippen molar-refractivity contribution >= 4 is 33.3 Å². The smallest absolute Gasteiger partial charge is 0.251 e. The summed E-state index contributed by atoms with van der Waals surface area (Å²) in [6, 6.07) is 21.2. The molecule has 6 nitrogen and oxygen atoms in total. The maximum Gasteiger partial charge on any atom is 0.251 e. The van der Waals surface area contributed by atoms with E-state index in [1.165, 1.54) is 0 Å². The third kappa shape index (κ3) is 5.43. The Balaban J connectivity index is 1.56. The maximum absolute atomic E-state index is 13.3. The van der Waals surface area contributed by atoms with Gasteiger partial charge in [-0.1, -0.05) is 60.1 Å². The molecule has 0 saturated carbocycles. The lowest BCUT2D eigenvalue weighted by Crippen LogP contribution is -2.49. The first kappa shape index (κ1) is 23.0. The molecule has 0 fully saturated rings. The second-order valence-electron chi connectivity index (χ2n) is 7.93. The average molecular weight is 483 g/mol. The first-order valence-corrected chi connectivity index (χ1v) is 12.6. The molecular formula is C25H23ClN2O4S. The average Bonchev–Trinajstić information content (AvgIpc) is 2.81. The van der Waals surface area contributed by atoms with Crippen molar-refractivity contribution in [2.24, 2.45) is 0 Å². The monoisotopic (exact) mass is 482 g/mol. The minimum absolute atomic E-state index is 0.0462. The summed E-state index contributed by atoms with van der Waals surface area (Å²) < 4.78 is 24.9. The van der Waals surface area contributed by atoms with Gasteiger partial charge in [-0.05, 0) is 47.9 Å². The van der Waals surface area contributed by atoms with Gasteiger partial charge in [-0.15, -0.1) is 0 Å². The van der Waals surface area contributed by atoms with Crippen molar-refractivity contribution < 1.29 is 18.0 Å². The molecule has 0 radical (unpaired) electrons. The number of halogens is 1. The molecule has 0 aromatic heterocycles. The molecule has 1 heterocycles. The minimum atomic E-state index is -3.37. The van der Waals surface area contributed by atoms with Crippen LogP contribution in [0.3, 0.4) is 0 Å². The highest BCUT2D eigenvalue weighted by Gasteiger charge is 2.32. The van der Waals surface area contributed by atoms with Crippen LogP contribution in [0, 0.1) is 0 Å². The molecule has 0 aliphatic carbocycles. The van der Waals surface area contributed by atoms with Crippen molar-refractivity contribution in [2.75, 3.05) is 5.75 Å². The molecule has 0 spiro atoms. The molecule has 2 unspecified atom stereocenters. The van der Waals surface area contributed by atoms with E-state index < -0.39 is 27.8 Å².